The summed E-state index contributed by atoms with van der Waals surface area (Å²) in [6.07, 6.45) is -2.00. The van der Waals surface area contributed by atoms with Crippen LogP contribution < -0.4 is 4.72 Å². The molecule has 1 heterocycles. The van der Waals surface area contributed by atoms with Crippen molar-refractivity contribution in [2.45, 2.75) is 30.0 Å². The van der Waals surface area contributed by atoms with Crippen LogP contribution in [0, 0.1) is 0 Å². The number of nitrogens with one attached hydrogen (secondary N) is 1. The zero-order chi connectivity index (χ0) is 15.5. The minimum Gasteiger partial charge on any atom is -0.465 e. The maximum absolute atomic E-state index is 13.3. The average molecular weight is 316 g/mol. The molecule has 1 aliphatic heterocycles. The molecule has 0 saturated carbocycles. The number of hydrogen-bond donors (Lipinski definition) is 2. The topological polar surface area (TPSA) is 86.7 Å². The van der Waals surface area contributed by atoms with Gasteiger partial charge in [0.2, 0.25) is 10.0 Å². The highest BCUT2D eigenvalue weighted by atomic mass is 32.2. The zero-order valence-corrected chi connectivity index (χ0v) is 12.1. The normalized spacial score (nSPS) is 22.4. The van der Waals surface area contributed by atoms with E-state index in [0.717, 1.165) is 4.90 Å². The standard InChI is InChI=1S/C13H17FN2O4S/c14-10-8-11(16(9-10)13(17)18)6-7-15-21(19,20)12-4-2-1-3-5-12/h1-5,10-11,15H,6-9H2,(H,17,18)/t10-,11-/m1/s1. The summed E-state index contributed by atoms with van der Waals surface area (Å²) in [5, 5.41) is 8.96. The third-order valence-corrected chi connectivity index (χ3v) is 4.91. The Morgan fingerprint density at radius 3 is 2.67 bits per heavy atom. The van der Waals surface area contributed by atoms with Crippen molar-refractivity contribution in [3.63, 3.8) is 0 Å². The molecule has 0 aromatic heterocycles. The third kappa shape index (κ3) is 3.92. The molecule has 0 unspecified atom stereocenters. The Morgan fingerprint density at radius 2 is 2.05 bits per heavy atom. The number of carboxylic acid groups (broad SMARTS) is 1. The Bertz CT molecular complexity index is 593. The maximum Gasteiger partial charge on any atom is 0.407 e. The molecule has 116 valence electrons. The lowest BCUT2D eigenvalue weighted by Crippen LogP contribution is -2.37. The van der Waals surface area contributed by atoms with Crippen LogP contribution in [0.5, 0.6) is 0 Å². The van der Waals surface area contributed by atoms with Gasteiger partial charge in [-0.15, -0.1) is 0 Å². The van der Waals surface area contributed by atoms with Crippen LogP contribution in [0.2, 0.25) is 0 Å². The van der Waals surface area contributed by atoms with Crippen molar-refractivity contribution in [1.29, 1.82) is 0 Å². The Balaban J connectivity index is 1.91. The summed E-state index contributed by atoms with van der Waals surface area (Å²) < 4.78 is 39.6. The molecular formula is C13H17FN2O4S. The Labute approximate surface area is 122 Å². The summed E-state index contributed by atoms with van der Waals surface area (Å²) in [7, 11) is -3.61. The summed E-state index contributed by atoms with van der Waals surface area (Å²) in [6.45, 7) is -0.0795. The molecule has 6 nitrogen and oxygen atoms in total. The summed E-state index contributed by atoms with van der Waals surface area (Å²) in [4.78, 5) is 12.1. The number of rotatable bonds is 5. The van der Waals surface area contributed by atoms with E-state index < -0.39 is 28.3 Å². The van der Waals surface area contributed by atoms with Gasteiger partial charge in [0.25, 0.3) is 0 Å². The number of nitrogens with zero attached hydrogens (tertiary/aromatic N) is 1. The van der Waals surface area contributed by atoms with E-state index >= 15 is 0 Å². The molecule has 0 radical (unpaired) electrons. The minimum atomic E-state index is -3.61. The number of carbonyl (C=O) groups is 1. The number of hydrogen-bond acceptors (Lipinski definition) is 3. The van der Waals surface area contributed by atoms with Crippen LogP contribution in [0.4, 0.5) is 9.18 Å². The fourth-order valence-corrected chi connectivity index (χ4v) is 3.48. The van der Waals surface area contributed by atoms with Gasteiger partial charge in [-0.2, -0.15) is 0 Å². The monoisotopic (exact) mass is 316 g/mol. The van der Waals surface area contributed by atoms with E-state index in [1.54, 1.807) is 18.2 Å². The van der Waals surface area contributed by atoms with Crippen LogP contribution >= 0.6 is 0 Å². The summed E-state index contributed by atoms with van der Waals surface area (Å²) in [6, 6.07) is 7.40. The first-order valence-corrected chi connectivity index (χ1v) is 8.07. The van der Waals surface area contributed by atoms with Gasteiger partial charge >= 0.3 is 6.09 Å². The van der Waals surface area contributed by atoms with Gasteiger partial charge < -0.3 is 10.0 Å². The highest BCUT2D eigenvalue weighted by molar-refractivity contribution is 7.89. The quantitative estimate of drug-likeness (QED) is 0.860. The number of likely N-dealkylation sites (tertiary alicyclic amines) is 1. The van der Waals surface area contributed by atoms with Crippen LogP contribution in [0.15, 0.2) is 35.2 Å². The van der Waals surface area contributed by atoms with Gasteiger partial charge in [-0.3, -0.25) is 0 Å². The number of amides is 1. The van der Waals surface area contributed by atoms with E-state index in [0.29, 0.717) is 0 Å². The van der Waals surface area contributed by atoms with Crippen molar-refractivity contribution in [1.82, 2.24) is 9.62 Å². The highest BCUT2D eigenvalue weighted by Crippen LogP contribution is 2.22. The van der Waals surface area contributed by atoms with Crippen LogP contribution in [0.25, 0.3) is 0 Å². The minimum absolute atomic E-state index is 0.0679. The molecule has 2 N–H and O–H groups in total. The van der Waals surface area contributed by atoms with Crippen LogP contribution in [-0.4, -0.2) is 49.8 Å². The number of sulfonamides is 1. The second-order valence-electron chi connectivity index (χ2n) is 4.92. The predicted molar refractivity (Wildman–Crippen MR) is 74.3 cm³/mol. The van der Waals surface area contributed by atoms with Crippen molar-refractivity contribution < 1.29 is 22.7 Å². The zero-order valence-electron chi connectivity index (χ0n) is 11.3. The molecule has 8 heteroatoms. The van der Waals surface area contributed by atoms with E-state index in [4.69, 9.17) is 5.11 Å². The molecule has 1 amide bonds. The lowest BCUT2D eigenvalue weighted by atomic mass is 10.1. The van der Waals surface area contributed by atoms with Gasteiger partial charge in [-0.1, -0.05) is 18.2 Å². The summed E-state index contributed by atoms with van der Waals surface area (Å²) >= 11 is 0. The van der Waals surface area contributed by atoms with Crippen molar-refractivity contribution in [2.24, 2.45) is 0 Å². The van der Waals surface area contributed by atoms with E-state index in [-0.39, 0.29) is 30.8 Å². The molecule has 1 aromatic rings. The lowest BCUT2D eigenvalue weighted by molar-refractivity contribution is 0.136. The average Bonchev–Trinajstić information content (AvgIpc) is 2.81. The van der Waals surface area contributed by atoms with Gasteiger partial charge in [0, 0.05) is 19.0 Å². The lowest BCUT2D eigenvalue weighted by Gasteiger charge is -2.20. The molecular weight excluding hydrogens is 299 g/mol. The molecule has 21 heavy (non-hydrogen) atoms. The van der Waals surface area contributed by atoms with E-state index in [9.17, 15) is 17.6 Å². The largest absolute Gasteiger partial charge is 0.465 e. The fraction of sp³-hybridized carbons (Fsp3) is 0.462. The van der Waals surface area contributed by atoms with Crippen molar-refractivity contribution in [3.8, 4) is 0 Å². The number of halogens is 1. The van der Waals surface area contributed by atoms with Gasteiger partial charge in [0.1, 0.15) is 6.17 Å². The fourth-order valence-electron chi connectivity index (χ4n) is 2.41. The van der Waals surface area contributed by atoms with Gasteiger partial charge in [0.05, 0.1) is 11.4 Å². The number of alkyl halides is 1. The van der Waals surface area contributed by atoms with Gasteiger partial charge in [0.15, 0.2) is 0 Å². The first kappa shape index (κ1) is 15.7. The maximum atomic E-state index is 13.3. The first-order valence-electron chi connectivity index (χ1n) is 6.58. The molecule has 2 atom stereocenters. The van der Waals surface area contributed by atoms with E-state index in [2.05, 4.69) is 4.72 Å². The molecule has 1 fully saturated rings. The van der Waals surface area contributed by atoms with Crippen LogP contribution in [-0.2, 0) is 10.0 Å². The summed E-state index contributed by atoms with van der Waals surface area (Å²) in [5.74, 6) is 0. The smallest absolute Gasteiger partial charge is 0.407 e. The second kappa shape index (κ2) is 6.40. The summed E-state index contributed by atoms with van der Waals surface area (Å²) in [5.41, 5.74) is 0. The second-order valence-corrected chi connectivity index (χ2v) is 6.69. The molecule has 1 aliphatic rings. The third-order valence-electron chi connectivity index (χ3n) is 3.43. The SMILES string of the molecule is O=C(O)N1C[C@H](F)C[C@H]1CCNS(=O)(=O)c1ccccc1. The van der Waals surface area contributed by atoms with Gasteiger partial charge in [-0.05, 0) is 18.6 Å². The molecule has 0 aliphatic carbocycles. The van der Waals surface area contributed by atoms with Crippen molar-refractivity contribution in [3.05, 3.63) is 30.3 Å². The van der Waals surface area contributed by atoms with Gasteiger partial charge in [-0.25, -0.2) is 22.3 Å². The molecule has 0 bridgehead atoms. The highest BCUT2D eigenvalue weighted by Gasteiger charge is 2.35. The van der Waals surface area contributed by atoms with E-state index in [1.807, 2.05) is 0 Å². The predicted octanol–water partition coefficient (Wildman–Crippen LogP) is 1.45. The molecule has 0 spiro atoms. The molecule has 1 aromatic carbocycles. The first-order chi connectivity index (χ1) is 9.90. The Hall–Kier alpha value is -1.67. The molecule has 2 rings (SSSR count). The Morgan fingerprint density at radius 1 is 1.38 bits per heavy atom. The Kier molecular flexibility index (Phi) is 4.79. The number of benzene rings is 1. The van der Waals surface area contributed by atoms with Crippen molar-refractivity contribution >= 4 is 16.1 Å². The molecule has 1 saturated heterocycles. The van der Waals surface area contributed by atoms with Crippen molar-refractivity contribution in [2.75, 3.05) is 13.1 Å². The van der Waals surface area contributed by atoms with Crippen LogP contribution in [0.3, 0.4) is 0 Å². The van der Waals surface area contributed by atoms with E-state index in [1.165, 1.54) is 12.1 Å². The van der Waals surface area contributed by atoms with Crippen LogP contribution in [0.1, 0.15) is 12.8 Å².